The zero-order chi connectivity index (χ0) is 14.1. The standard InChI is InChI=1S/C15H21N5/c1-3-12-9-20(7-6-19(12)2)15-13-8-11(16)4-5-14(13)17-10-18-15/h4-5,8,10,12H,3,6-7,9,16H2,1-2H3. The van der Waals surface area contributed by atoms with Crippen molar-refractivity contribution >= 4 is 22.4 Å². The van der Waals surface area contributed by atoms with E-state index in [1.54, 1.807) is 6.33 Å². The van der Waals surface area contributed by atoms with E-state index < -0.39 is 0 Å². The third-order valence-electron chi connectivity index (χ3n) is 4.19. The van der Waals surface area contributed by atoms with Crippen LogP contribution in [0.25, 0.3) is 10.9 Å². The molecule has 106 valence electrons. The second-order valence-electron chi connectivity index (χ2n) is 5.46. The average molecular weight is 271 g/mol. The van der Waals surface area contributed by atoms with Gasteiger partial charge in [0, 0.05) is 36.7 Å². The van der Waals surface area contributed by atoms with Crippen LogP contribution < -0.4 is 10.6 Å². The van der Waals surface area contributed by atoms with Crippen molar-refractivity contribution in [3.8, 4) is 0 Å². The molecular weight excluding hydrogens is 250 g/mol. The quantitative estimate of drug-likeness (QED) is 0.843. The van der Waals surface area contributed by atoms with E-state index in [0.717, 1.165) is 48.5 Å². The van der Waals surface area contributed by atoms with Crippen LogP contribution in [0.15, 0.2) is 24.5 Å². The fourth-order valence-electron chi connectivity index (χ4n) is 2.89. The third-order valence-corrected chi connectivity index (χ3v) is 4.19. The number of fused-ring (bicyclic) bond motifs is 1. The summed E-state index contributed by atoms with van der Waals surface area (Å²) in [5, 5.41) is 1.05. The van der Waals surface area contributed by atoms with E-state index in [1.165, 1.54) is 0 Å². The van der Waals surface area contributed by atoms with Gasteiger partial charge in [0.05, 0.1) is 5.52 Å². The molecule has 0 amide bonds. The molecule has 0 bridgehead atoms. The third kappa shape index (κ3) is 2.29. The number of aromatic nitrogens is 2. The summed E-state index contributed by atoms with van der Waals surface area (Å²) in [6.07, 6.45) is 2.80. The lowest BCUT2D eigenvalue weighted by molar-refractivity contribution is 0.213. The van der Waals surface area contributed by atoms with Crippen molar-refractivity contribution < 1.29 is 0 Å². The zero-order valence-electron chi connectivity index (χ0n) is 12.1. The Morgan fingerprint density at radius 2 is 2.15 bits per heavy atom. The molecule has 1 aromatic heterocycles. The molecule has 1 fully saturated rings. The normalized spacial score (nSPS) is 20.5. The van der Waals surface area contributed by atoms with E-state index in [4.69, 9.17) is 5.73 Å². The summed E-state index contributed by atoms with van der Waals surface area (Å²) >= 11 is 0. The Labute approximate surface area is 119 Å². The first-order chi connectivity index (χ1) is 9.69. The fraction of sp³-hybridized carbons (Fsp3) is 0.467. The smallest absolute Gasteiger partial charge is 0.140 e. The highest BCUT2D eigenvalue weighted by molar-refractivity contribution is 5.91. The maximum Gasteiger partial charge on any atom is 0.140 e. The van der Waals surface area contributed by atoms with Gasteiger partial charge in [0.1, 0.15) is 12.1 Å². The van der Waals surface area contributed by atoms with Gasteiger partial charge in [-0.05, 0) is 31.7 Å². The van der Waals surface area contributed by atoms with Gasteiger partial charge in [0.25, 0.3) is 0 Å². The predicted molar refractivity (Wildman–Crippen MR) is 82.9 cm³/mol. The Kier molecular flexibility index (Phi) is 3.44. The minimum Gasteiger partial charge on any atom is -0.399 e. The maximum absolute atomic E-state index is 5.92. The van der Waals surface area contributed by atoms with Crippen LogP contribution in [0.1, 0.15) is 13.3 Å². The number of hydrogen-bond donors (Lipinski definition) is 1. The van der Waals surface area contributed by atoms with Crippen LogP contribution in [0.3, 0.4) is 0 Å². The van der Waals surface area contributed by atoms with E-state index >= 15 is 0 Å². The molecule has 1 atom stereocenters. The van der Waals surface area contributed by atoms with Crippen LogP contribution in [-0.2, 0) is 0 Å². The van der Waals surface area contributed by atoms with Gasteiger partial charge in [-0.1, -0.05) is 6.92 Å². The van der Waals surface area contributed by atoms with Crippen LogP contribution in [0.5, 0.6) is 0 Å². The van der Waals surface area contributed by atoms with Gasteiger partial charge in [-0.25, -0.2) is 9.97 Å². The van der Waals surface area contributed by atoms with Crippen molar-refractivity contribution in [3.63, 3.8) is 0 Å². The lowest BCUT2D eigenvalue weighted by Crippen LogP contribution is -2.51. The molecule has 1 unspecified atom stereocenters. The maximum atomic E-state index is 5.92. The minimum absolute atomic E-state index is 0.579. The fourth-order valence-corrected chi connectivity index (χ4v) is 2.89. The summed E-state index contributed by atoms with van der Waals surface area (Å²) in [7, 11) is 2.20. The molecule has 5 nitrogen and oxygen atoms in total. The molecule has 20 heavy (non-hydrogen) atoms. The molecule has 5 heteroatoms. The number of benzene rings is 1. The van der Waals surface area contributed by atoms with E-state index in [9.17, 15) is 0 Å². The Hall–Kier alpha value is -1.88. The Morgan fingerprint density at radius 1 is 1.30 bits per heavy atom. The average Bonchev–Trinajstić information content (AvgIpc) is 2.47. The summed E-state index contributed by atoms with van der Waals surface area (Å²) in [5.74, 6) is 1.01. The summed E-state index contributed by atoms with van der Waals surface area (Å²) in [6.45, 7) is 5.30. The lowest BCUT2D eigenvalue weighted by atomic mass is 10.1. The van der Waals surface area contributed by atoms with Crippen LogP contribution in [0.2, 0.25) is 0 Å². The Bertz CT molecular complexity index is 612. The largest absolute Gasteiger partial charge is 0.399 e. The van der Waals surface area contributed by atoms with Gasteiger partial charge in [0.15, 0.2) is 0 Å². The van der Waals surface area contributed by atoms with Gasteiger partial charge in [-0.15, -0.1) is 0 Å². The van der Waals surface area contributed by atoms with Crippen LogP contribution >= 0.6 is 0 Å². The first kappa shape index (κ1) is 13.1. The molecule has 0 spiro atoms. The number of nitrogens with zero attached hydrogens (tertiary/aromatic N) is 4. The highest BCUT2D eigenvalue weighted by Gasteiger charge is 2.24. The molecule has 2 aromatic rings. The predicted octanol–water partition coefficient (Wildman–Crippen LogP) is 1.74. The number of nitrogen functional groups attached to an aromatic ring is 1. The molecule has 0 radical (unpaired) electrons. The molecule has 1 aromatic carbocycles. The monoisotopic (exact) mass is 271 g/mol. The lowest BCUT2D eigenvalue weighted by Gasteiger charge is -2.40. The van der Waals surface area contributed by atoms with Crippen molar-refractivity contribution in [1.29, 1.82) is 0 Å². The highest BCUT2D eigenvalue weighted by Crippen LogP contribution is 2.26. The number of anilines is 2. The summed E-state index contributed by atoms with van der Waals surface area (Å²) in [6, 6.07) is 6.40. The number of piperazine rings is 1. The second-order valence-corrected chi connectivity index (χ2v) is 5.46. The van der Waals surface area contributed by atoms with E-state index in [-0.39, 0.29) is 0 Å². The topological polar surface area (TPSA) is 58.3 Å². The summed E-state index contributed by atoms with van der Waals surface area (Å²) in [5.41, 5.74) is 7.63. The molecule has 2 heterocycles. The van der Waals surface area contributed by atoms with Crippen molar-refractivity contribution in [2.45, 2.75) is 19.4 Å². The summed E-state index contributed by atoms with van der Waals surface area (Å²) < 4.78 is 0. The van der Waals surface area contributed by atoms with E-state index in [2.05, 4.69) is 33.7 Å². The highest BCUT2D eigenvalue weighted by atomic mass is 15.3. The van der Waals surface area contributed by atoms with Gasteiger partial charge >= 0.3 is 0 Å². The number of rotatable bonds is 2. The minimum atomic E-state index is 0.579. The molecular formula is C15H21N5. The first-order valence-corrected chi connectivity index (χ1v) is 7.14. The Balaban J connectivity index is 1.99. The van der Waals surface area contributed by atoms with Crippen molar-refractivity contribution in [2.75, 3.05) is 37.3 Å². The Morgan fingerprint density at radius 3 is 2.95 bits per heavy atom. The van der Waals surface area contributed by atoms with E-state index in [1.807, 2.05) is 18.2 Å². The SMILES string of the molecule is CCC1CN(c2ncnc3ccc(N)cc23)CCN1C. The van der Waals surface area contributed by atoms with Crippen molar-refractivity contribution in [1.82, 2.24) is 14.9 Å². The zero-order valence-corrected chi connectivity index (χ0v) is 12.1. The molecule has 2 N–H and O–H groups in total. The number of hydrogen-bond acceptors (Lipinski definition) is 5. The van der Waals surface area contributed by atoms with Crippen LogP contribution in [-0.4, -0.2) is 47.6 Å². The molecule has 1 aliphatic heterocycles. The van der Waals surface area contributed by atoms with Gasteiger partial charge in [-0.3, -0.25) is 4.90 Å². The van der Waals surface area contributed by atoms with Gasteiger partial charge in [0.2, 0.25) is 0 Å². The molecule has 1 saturated heterocycles. The van der Waals surface area contributed by atoms with E-state index in [0.29, 0.717) is 6.04 Å². The van der Waals surface area contributed by atoms with Crippen LogP contribution in [0, 0.1) is 0 Å². The van der Waals surface area contributed by atoms with Crippen molar-refractivity contribution in [2.24, 2.45) is 0 Å². The first-order valence-electron chi connectivity index (χ1n) is 7.14. The molecule has 1 aliphatic rings. The van der Waals surface area contributed by atoms with Gasteiger partial charge < -0.3 is 10.6 Å². The molecule has 3 rings (SSSR count). The molecule has 0 aliphatic carbocycles. The summed E-state index contributed by atoms with van der Waals surface area (Å²) in [4.78, 5) is 13.6. The van der Waals surface area contributed by atoms with Crippen LogP contribution in [0.4, 0.5) is 11.5 Å². The number of likely N-dealkylation sites (N-methyl/N-ethyl adjacent to an activating group) is 1. The van der Waals surface area contributed by atoms with Gasteiger partial charge in [-0.2, -0.15) is 0 Å². The van der Waals surface area contributed by atoms with Crippen molar-refractivity contribution in [3.05, 3.63) is 24.5 Å². The number of nitrogens with two attached hydrogens (primary N) is 1. The second kappa shape index (κ2) is 5.25. The molecule has 0 saturated carbocycles.